The Kier molecular flexibility index (Phi) is 6.60. The second kappa shape index (κ2) is 8.84. The van der Waals surface area contributed by atoms with Gasteiger partial charge in [-0.15, -0.1) is 0 Å². The van der Waals surface area contributed by atoms with Crippen molar-refractivity contribution in [2.75, 3.05) is 6.61 Å². The van der Waals surface area contributed by atoms with Crippen molar-refractivity contribution in [1.82, 2.24) is 9.88 Å². The van der Waals surface area contributed by atoms with Crippen LogP contribution in [0.5, 0.6) is 0 Å². The molecule has 2 aromatic rings. The topological polar surface area (TPSA) is 69.6 Å². The highest BCUT2D eigenvalue weighted by molar-refractivity contribution is 9.10. The molecule has 1 aromatic heterocycles. The summed E-state index contributed by atoms with van der Waals surface area (Å²) in [6.07, 6.45) is 5.04. The fraction of sp³-hybridized carbons (Fsp3) is 0.478. The molecule has 0 radical (unpaired) electrons. The minimum Gasteiger partial charge on any atom is -0.462 e. The molecule has 162 valence electrons. The van der Waals surface area contributed by atoms with E-state index in [1.807, 2.05) is 38.5 Å². The van der Waals surface area contributed by atoms with Gasteiger partial charge in [-0.1, -0.05) is 22.0 Å². The van der Waals surface area contributed by atoms with Gasteiger partial charge in [-0.05, 0) is 70.2 Å². The van der Waals surface area contributed by atoms with Crippen LogP contribution < -0.4 is 5.32 Å². The maximum Gasteiger partial charge on any atom is 0.407 e. The molecule has 0 atom stereocenters. The number of rotatable bonds is 5. The van der Waals surface area contributed by atoms with Gasteiger partial charge >= 0.3 is 12.1 Å². The van der Waals surface area contributed by atoms with Gasteiger partial charge in [-0.3, -0.25) is 0 Å². The Hall–Kier alpha value is -2.28. The minimum atomic E-state index is -0.595. The van der Waals surface area contributed by atoms with E-state index < -0.39 is 17.7 Å². The summed E-state index contributed by atoms with van der Waals surface area (Å²) in [5.74, 6) is -0.399. The van der Waals surface area contributed by atoms with Crippen LogP contribution in [-0.4, -0.2) is 28.8 Å². The SMILES string of the molecule is CCOC(=O)c1c(CNC(=O)OC(C)(C)C)n(C)c2cc(C3=CCCC3)c(Br)cc12. The predicted molar refractivity (Wildman–Crippen MR) is 121 cm³/mol. The lowest BCUT2D eigenvalue weighted by molar-refractivity contribution is 0.0502. The Balaban J connectivity index is 2.05. The van der Waals surface area contributed by atoms with E-state index in [4.69, 9.17) is 9.47 Å². The molecule has 1 heterocycles. The molecule has 3 rings (SSSR count). The van der Waals surface area contributed by atoms with Gasteiger partial charge in [-0.2, -0.15) is 0 Å². The van der Waals surface area contributed by atoms with Crippen LogP contribution in [0.1, 0.15) is 68.6 Å². The molecule has 1 aliphatic carbocycles. The molecular weight excluding hydrogens is 448 g/mol. The molecule has 0 fully saturated rings. The number of ether oxygens (including phenoxy) is 2. The first-order valence-corrected chi connectivity index (χ1v) is 11.1. The van der Waals surface area contributed by atoms with Crippen molar-refractivity contribution in [3.63, 3.8) is 0 Å². The summed E-state index contributed by atoms with van der Waals surface area (Å²) in [5.41, 5.74) is 3.93. The molecular formula is C23H29BrN2O4. The van der Waals surface area contributed by atoms with Gasteiger partial charge in [0.1, 0.15) is 5.60 Å². The van der Waals surface area contributed by atoms with Crippen molar-refractivity contribution < 1.29 is 19.1 Å². The van der Waals surface area contributed by atoms with E-state index in [-0.39, 0.29) is 13.2 Å². The number of esters is 1. The van der Waals surface area contributed by atoms with Crippen molar-refractivity contribution in [3.05, 3.63) is 39.5 Å². The highest BCUT2D eigenvalue weighted by Crippen LogP contribution is 2.37. The zero-order valence-corrected chi connectivity index (χ0v) is 19.8. The lowest BCUT2D eigenvalue weighted by atomic mass is 10.0. The molecule has 7 heteroatoms. The van der Waals surface area contributed by atoms with Gasteiger partial charge < -0.3 is 19.4 Å². The molecule has 0 unspecified atom stereocenters. The number of nitrogens with one attached hydrogen (secondary N) is 1. The number of hydrogen-bond acceptors (Lipinski definition) is 4. The summed E-state index contributed by atoms with van der Waals surface area (Å²) < 4.78 is 13.6. The highest BCUT2D eigenvalue weighted by atomic mass is 79.9. The van der Waals surface area contributed by atoms with Crippen LogP contribution in [0.4, 0.5) is 4.79 Å². The number of fused-ring (bicyclic) bond motifs is 1. The first kappa shape index (κ1) is 22.4. The monoisotopic (exact) mass is 476 g/mol. The van der Waals surface area contributed by atoms with Crippen LogP contribution in [0.15, 0.2) is 22.7 Å². The number of carbonyl (C=O) groups excluding carboxylic acids is 2. The van der Waals surface area contributed by atoms with Crippen LogP contribution >= 0.6 is 15.9 Å². The Morgan fingerprint density at radius 3 is 2.60 bits per heavy atom. The molecule has 6 nitrogen and oxygen atoms in total. The van der Waals surface area contributed by atoms with E-state index in [0.29, 0.717) is 11.3 Å². The van der Waals surface area contributed by atoms with Crippen molar-refractivity contribution in [2.24, 2.45) is 7.05 Å². The standard InChI is InChI=1S/C23H29BrN2O4/c1-6-29-21(27)20-16-11-17(24)15(14-9-7-8-10-14)12-18(16)26(5)19(20)13-25-22(28)30-23(2,3)4/h9,11-12H,6-8,10,13H2,1-5H3,(H,25,28). The normalized spacial score (nSPS) is 14.0. The number of amides is 1. The maximum atomic E-state index is 12.8. The molecule has 30 heavy (non-hydrogen) atoms. The summed E-state index contributed by atoms with van der Waals surface area (Å²) in [7, 11) is 1.90. The van der Waals surface area contributed by atoms with Crippen LogP contribution in [0.3, 0.4) is 0 Å². The lowest BCUT2D eigenvalue weighted by Gasteiger charge is -2.20. The van der Waals surface area contributed by atoms with E-state index in [2.05, 4.69) is 33.4 Å². The number of halogens is 1. The summed E-state index contributed by atoms with van der Waals surface area (Å²) in [4.78, 5) is 25.0. The Labute approximate surface area is 185 Å². The average molecular weight is 477 g/mol. The number of nitrogens with zero attached hydrogens (tertiary/aromatic N) is 1. The Bertz CT molecular complexity index is 1010. The zero-order valence-electron chi connectivity index (χ0n) is 18.2. The Morgan fingerprint density at radius 2 is 2.00 bits per heavy atom. The number of allylic oxidation sites excluding steroid dienone is 2. The minimum absolute atomic E-state index is 0.157. The molecule has 1 amide bonds. The molecule has 1 aliphatic rings. The van der Waals surface area contributed by atoms with Gasteiger partial charge in [0.15, 0.2) is 0 Å². The van der Waals surface area contributed by atoms with Crippen LogP contribution in [0, 0.1) is 0 Å². The van der Waals surface area contributed by atoms with Crippen LogP contribution in [0.2, 0.25) is 0 Å². The Morgan fingerprint density at radius 1 is 1.27 bits per heavy atom. The fourth-order valence-corrected chi connectivity index (χ4v) is 4.38. The number of carbonyl (C=O) groups is 2. The molecule has 0 saturated carbocycles. The molecule has 0 spiro atoms. The van der Waals surface area contributed by atoms with Gasteiger partial charge in [0.2, 0.25) is 0 Å². The summed E-state index contributed by atoms with van der Waals surface area (Å²) >= 11 is 3.69. The number of hydrogen-bond donors (Lipinski definition) is 1. The molecule has 0 saturated heterocycles. The van der Waals surface area contributed by atoms with E-state index in [1.165, 1.54) is 5.57 Å². The molecule has 0 aliphatic heterocycles. The van der Waals surface area contributed by atoms with Crippen molar-refractivity contribution in [3.8, 4) is 0 Å². The fourth-order valence-electron chi connectivity index (χ4n) is 3.78. The largest absolute Gasteiger partial charge is 0.462 e. The van der Waals surface area contributed by atoms with Gasteiger partial charge in [-0.25, -0.2) is 9.59 Å². The average Bonchev–Trinajstić information content (AvgIpc) is 3.25. The maximum absolute atomic E-state index is 12.8. The summed E-state index contributed by atoms with van der Waals surface area (Å²) in [5, 5.41) is 3.56. The van der Waals surface area contributed by atoms with E-state index in [1.54, 1.807) is 6.92 Å². The number of benzene rings is 1. The third-order valence-corrected chi connectivity index (χ3v) is 5.73. The van der Waals surface area contributed by atoms with Gasteiger partial charge in [0.25, 0.3) is 0 Å². The number of alkyl carbamates (subject to hydrolysis) is 1. The van der Waals surface area contributed by atoms with Gasteiger partial charge in [0.05, 0.1) is 24.4 Å². The van der Waals surface area contributed by atoms with E-state index in [9.17, 15) is 9.59 Å². The number of aryl methyl sites for hydroxylation is 1. The predicted octanol–water partition coefficient (Wildman–Crippen LogP) is 5.71. The van der Waals surface area contributed by atoms with Gasteiger partial charge in [0, 0.05) is 22.4 Å². The molecule has 1 N–H and O–H groups in total. The second-order valence-electron chi connectivity index (χ2n) is 8.43. The van der Waals surface area contributed by atoms with Crippen LogP contribution in [0.25, 0.3) is 16.5 Å². The molecule has 1 aromatic carbocycles. The van der Waals surface area contributed by atoms with Crippen molar-refractivity contribution in [1.29, 1.82) is 0 Å². The third-order valence-electron chi connectivity index (χ3n) is 5.08. The van der Waals surface area contributed by atoms with Crippen molar-refractivity contribution in [2.45, 2.75) is 59.1 Å². The zero-order chi connectivity index (χ0) is 22.1. The van der Waals surface area contributed by atoms with Crippen LogP contribution in [-0.2, 0) is 23.1 Å². The van der Waals surface area contributed by atoms with E-state index in [0.717, 1.165) is 40.2 Å². The first-order valence-electron chi connectivity index (χ1n) is 10.3. The van der Waals surface area contributed by atoms with Crippen molar-refractivity contribution >= 4 is 44.5 Å². The smallest absolute Gasteiger partial charge is 0.407 e. The molecule has 0 bridgehead atoms. The third kappa shape index (κ3) is 4.72. The second-order valence-corrected chi connectivity index (χ2v) is 9.28. The quantitative estimate of drug-likeness (QED) is 0.561. The highest BCUT2D eigenvalue weighted by Gasteiger charge is 2.25. The first-order chi connectivity index (χ1) is 14.1. The van der Waals surface area contributed by atoms with E-state index >= 15 is 0 Å². The number of aromatic nitrogens is 1. The lowest BCUT2D eigenvalue weighted by Crippen LogP contribution is -2.33. The summed E-state index contributed by atoms with van der Waals surface area (Å²) in [6.45, 7) is 7.64. The summed E-state index contributed by atoms with van der Waals surface area (Å²) in [6, 6.07) is 4.09.